The summed E-state index contributed by atoms with van der Waals surface area (Å²) in [5.74, 6) is 0.625. The molecule has 1 amide bonds. The first kappa shape index (κ1) is 14.5. The van der Waals surface area contributed by atoms with Gasteiger partial charge in [0.15, 0.2) is 0 Å². The van der Waals surface area contributed by atoms with Crippen LogP contribution in [0.5, 0.6) is 0 Å². The molecule has 0 unspecified atom stereocenters. The SMILES string of the molecule is CC(C)COCCNC(=O)CNC1CCCC1. The fourth-order valence-corrected chi connectivity index (χ4v) is 2.01. The highest BCUT2D eigenvalue weighted by Gasteiger charge is 2.14. The number of rotatable bonds is 8. The van der Waals surface area contributed by atoms with Gasteiger partial charge in [-0.25, -0.2) is 0 Å². The second-order valence-electron chi connectivity index (χ2n) is 5.18. The molecule has 1 aliphatic carbocycles. The van der Waals surface area contributed by atoms with Gasteiger partial charge in [-0.2, -0.15) is 0 Å². The van der Waals surface area contributed by atoms with Crippen molar-refractivity contribution >= 4 is 5.91 Å². The van der Waals surface area contributed by atoms with Gasteiger partial charge in [0.1, 0.15) is 0 Å². The maximum atomic E-state index is 11.5. The fourth-order valence-electron chi connectivity index (χ4n) is 2.01. The fraction of sp³-hybridized carbons (Fsp3) is 0.923. The highest BCUT2D eigenvalue weighted by Crippen LogP contribution is 2.17. The molecule has 0 spiro atoms. The van der Waals surface area contributed by atoms with Gasteiger partial charge in [0, 0.05) is 19.2 Å². The zero-order chi connectivity index (χ0) is 12.5. The summed E-state index contributed by atoms with van der Waals surface area (Å²) in [6.45, 7) is 6.64. The van der Waals surface area contributed by atoms with Gasteiger partial charge in [-0.15, -0.1) is 0 Å². The Morgan fingerprint density at radius 1 is 1.35 bits per heavy atom. The first-order chi connectivity index (χ1) is 8.18. The number of nitrogens with one attached hydrogen (secondary N) is 2. The van der Waals surface area contributed by atoms with E-state index in [9.17, 15) is 4.79 Å². The zero-order valence-electron chi connectivity index (χ0n) is 11.1. The Morgan fingerprint density at radius 2 is 2.06 bits per heavy atom. The molecule has 0 heterocycles. The van der Waals surface area contributed by atoms with Crippen molar-refractivity contribution in [2.45, 2.75) is 45.6 Å². The topological polar surface area (TPSA) is 50.4 Å². The average molecular weight is 242 g/mol. The van der Waals surface area contributed by atoms with Crippen LogP contribution in [0.3, 0.4) is 0 Å². The Kier molecular flexibility index (Phi) is 7.21. The smallest absolute Gasteiger partial charge is 0.234 e. The molecule has 1 saturated carbocycles. The van der Waals surface area contributed by atoms with E-state index in [1.54, 1.807) is 0 Å². The summed E-state index contributed by atoms with van der Waals surface area (Å²) in [7, 11) is 0. The summed E-state index contributed by atoms with van der Waals surface area (Å²) < 4.78 is 5.39. The standard InChI is InChI=1S/C13H26N2O2/c1-11(2)10-17-8-7-14-13(16)9-15-12-5-3-4-6-12/h11-12,15H,3-10H2,1-2H3,(H,14,16). The van der Waals surface area contributed by atoms with Crippen LogP contribution in [0, 0.1) is 5.92 Å². The summed E-state index contributed by atoms with van der Waals surface area (Å²) in [4.78, 5) is 11.5. The predicted molar refractivity (Wildman–Crippen MR) is 68.9 cm³/mol. The van der Waals surface area contributed by atoms with Gasteiger partial charge in [0.05, 0.1) is 13.2 Å². The third kappa shape index (κ3) is 7.34. The lowest BCUT2D eigenvalue weighted by atomic mass is 10.2. The van der Waals surface area contributed by atoms with Crippen LogP contribution in [-0.2, 0) is 9.53 Å². The van der Waals surface area contributed by atoms with Gasteiger partial charge < -0.3 is 15.4 Å². The Balaban J connectivity index is 1.90. The Hall–Kier alpha value is -0.610. The van der Waals surface area contributed by atoms with Crippen LogP contribution in [0.4, 0.5) is 0 Å². The number of carbonyl (C=O) groups is 1. The molecule has 0 radical (unpaired) electrons. The molecule has 0 atom stereocenters. The van der Waals surface area contributed by atoms with Crippen molar-refractivity contribution in [3.63, 3.8) is 0 Å². The van der Waals surface area contributed by atoms with Crippen molar-refractivity contribution in [1.82, 2.24) is 10.6 Å². The number of hydrogen-bond acceptors (Lipinski definition) is 3. The van der Waals surface area contributed by atoms with Crippen molar-refractivity contribution in [1.29, 1.82) is 0 Å². The Labute approximate surface area is 104 Å². The van der Waals surface area contributed by atoms with Crippen LogP contribution in [0.1, 0.15) is 39.5 Å². The first-order valence-corrected chi connectivity index (χ1v) is 6.76. The molecular weight excluding hydrogens is 216 g/mol. The Morgan fingerprint density at radius 3 is 2.71 bits per heavy atom. The summed E-state index contributed by atoms with van der Waals surface area (Å²) in [5.41, 5.74) is 0. The van der Waals surface area contributed by atoms with E-state index in [0.29, 0.717) is 31.7 Å². The van der Waals surface area contributed by atoms with E-state index in [-0.39, 0.29) is 5.91 Å². The summed E-state index contributed by atoms with van der Waals surface area (Å²) in [6, 6.07) is 0.554. The lowest BCUT2D eigenvalue weighted by Gasteiger charge is -2.12. The predicted octanol–water partition coefficient (Wildman–Crippen LogP) is 1.31. The minimum absolute atomic E-state index is 0.0741. The largest absolute Gasteiger partial charge is 0.379 e. The zero-order valence-corrected chi connectivity index (χ0v) is 11.1. The molecule has 4 nitrogen and oxygen atoms in total. The second kappa shape index (κ2) is 8.48. The van der Waals surface area contributed by atoms with Crippen LogP contribution in [0.25, 0.3) is 0 Å². The molecule has 0 aromatic heterocycles. The van der Waals surface area contributed by atoms with Gasteiger partial charge in [-0.05, 0) is 18.8 Å². The molecule has 0 aliphatic heterocycles. The molecule has 17 heavy (non-hydrogen) atoms. The van der Waals surface area contributed by atoms with Gasteiger partial charge >= 0.3 is 0 Å². The first-order valence-electron chi connectivity index (χ1n) is 6.76. The lowest BCUT2D eigenvalue weighted by molar-refractivity contribution is -0.120. The third-order valence-electron chi connectivity index (χ3n) is 2.93. The van der Waals surface area contributed by atoms with E-state index in [1.807, 2.05) is 0 Å². The summed E-state index contributed by atoms with van der Waals surface area (Å²) in [6.07, 6.45) is 5.01. The highest BCUT2D eigenvalue weighted by molar-refractivity contribution is 5.77. The van der Waals surface area contributed by atoms with Crippen LogP contribution in [-0.4, -0.2) is 38.3 Å². The normalized spacial score (nSPS) is 16.6. The van der Waals surface area contributed by atoms with E-state index in [1.165, 1.54) is 25.7 Å². The Bertz CT molecular complexity index is 213. The van der Waals surface area contributed by atoms with E-state index in [4.69, 9.17) is 4.74 Å². The summed E-state index contributed by atoms with van der Waals surface area (Å²) in [5, 5.41) is 6.14. The number of hydrogen-bond donors (Lipinski definition) is 2. The molecule has 100 valence electrons. The van der Waals surface area contributed by atoms with Crippen LogP contribution in [0.15, 0.2) is 0 Å². The molecule has 1 aliphatic rings. The molecule has 1 rings (SSSR count). The minimum atomic E-state index is 0.0741. The maximum absolute atomic E-state index is 11.5. The average Bonchev–Trinajstić information content (AvgIpc) is 2.78. The molecule has 0 aromatic rings. The second-order valence-corrected chi connectivity index (χ2v) is 5.18. The molecule has 1 fully saturated rings. The van der Waals surface area contributed by atoms with Gasteiger partial charge in [-0.3, -0.25) is 4.79 Å². The summed E-state index contributed by atoms with van der Waals surface area (Å²) >= 11 is 0. The van der Waals surface area contributed by atoms with Crippen molar-refractivity contribution in [3.8, 4) is 0 Å². The van der Waals surface area contributed by atoms with Crippen LogP contribution in [0.2, 0.25) is 0 Å². The van der Waals surface area contributed by atoms with Crippen molar-refractivity contribution in [2.75, 3.05) is 26.3 Å². The van der Waals surface area contributed by atoms with E-state index < -0.39 is 0 Å². The number of amides is 1. The number of carbonyl (C=O) groups excluding carboxylic acids is 1. The van der Waals surface area contributed by atoms with E-state index >= 15 is 0 Å². The quantitative estimate of drug-likeness (QED) is 0.631. The minimum Gasteiger partial charge on any atom is -0.379 e. The lowest BCUT2D eigenvalue weighted by Crippen LogP contribution is -2.39. The molecule has 0 aromatic carbocycles. The van der Waals surface area contributed by atoms with Crippen LogP contribution < -0.4 is 10.6 Å². The van der Waals surface area contributed by atoms with Crippen molar-refractivity contribution in [3.05, 3.63) is 0 Å². The monoisotopic (exact) mass is 242 g/mol. The third-order valence-corrected chi connectivity index (χ3v) is 2.93. The highest BCUT2D eigenvalue weighted by atomic mass is 16.5. The maximum Gasteiger partial charge on any atom is 0.234 e. The van der Waals surface area contributed by atoms with Gasteiger partial charge in [0.25, 0.3) is 0 Å². The number of ether oxygens (including phenoxy) is 1. The van der Waals surface area contributed by atoms with Crippen molar-refractivity contribution < 1.29 is 9.53 Å². The molecule has 4 heteroatoms. The van der Waals surface area contributed by atoms with Crippen molar-refractivity contribution in [2.24, 2.45) is 5.92 Å². The molecule has 0 bridgehead atoms. The molecular formula is C13H26N2O2. The van der Waals surface area contributed by atoms with Crippen LogP contribution >= 0.6 is 0 Å². The molecule has 0 saturated heterocycles. The van der Waals surface area contributed by atoms with E-state index in [0.717, 1.165) is 6.61 Å². The van der Waals surface area contributed by atoms with Gasteiger partial charge in [0.2, 0.25) is 5.91 Å². The van der Waals surface area contributed by atoms with E-state index in [2.05, 4.69) is 24.5 Å². The molecule has 2 N–H and O–H groups in total. The van der Waals surface area contributed by atoms with Gasteiger partial charge in [-0.1, -0.05) is 26.7 Å².